The molecule has 0 saturated heterocycles. The third kappa shape index (κ3) is 1.79. The average molecular weight is 207 g/mol. The van der Waals surface area contributed by atoms with E-state index in [9.17, 15) is 0 Å². The second-order valence-corrected chi connectivity index (χ2v) is 3.99. The fourth-order valence-corrected chi connectivity index (χ4v) is 2.01. The normalized spacial score (nSPS) is 24.6. The average Bonchev–Trinajstić information content (AvgIpc) is 2.26. The lowest BCUT2D eigenvalue weighted by Crippen LogP contribution is -2.46. The van der Waals surface area contributed by atoms with Crippen LogP contribution in [0.5, 0.6) is 5.75 Å². The highest BCUT2D eigenvalue weighted by Crippen LogP contribution is 2.35. The van der Waals surface area contributed by atoms with Crippen LogP contribution in [0.15, 0.2) is 24.3 Å². The monoisotopic (exact) mass is 207 g/mol. The number of fused-ring (bicyclic) bond motifs is 1. The summed E-state index contributed by atoms with van der Waals surface area (Å²) in [5, 5.41) is 8.97. The molecular weight excluding hydrogens is 190 g/mol. The number of aliphatic hydroxyl groups excluding tert-OH is 1. The zero-order chi connectivity index (χ0) is 10.8. The summed E-state index contributed by atoms with van der Waals surface area (Å²) in [5.41, 5.74) is 1.12. The molecule has 2 rings (SSSR count). The zero-order valence-electron chi connectivity index (χ0n) is 9.18. The van der Waals surface area contributed by atoms with Crippen LogP contribution < -0.4 is 9.64 Å². The number of ether oxygens (including phenoxy) is 1. The maximum absolute atomic E-state index is 8.97. The molecule has 1 aromatic carbocycles. The summed E-state index contributed by atoms with van der Waals surface area (Å²) in [6, 6.07) is 8.31. The Balaban J connectivity index is 2.28. The van der Waals surface area contributed by atoms with Crippen molar-refractivity contribution in [1.29, 1.82) is 0 Å². The highest BCUT2D eigenvalue weighted by atomic mass is 16.5. The molecule has 1 aliphatic rings. The summed E-state index contributed by atoms with van der Waals surface area (Å²) in [6.45, 7) is 2.29. The van der Waals surface area contributed by atoms with Gasteiger partial charge in [0.15, 0.2) is 0 Å². The van der Waals surface area contributed by atoms with E-state index < -0.39 is 0 Å². The third-order valence-corrected chi connectivity index (χ3v) is 3.09. The lowest BCUT2D eigenvalue weighted by Gasteiger charge is -2.39. The quantitative estimate of drug-likeness (QED) is 0.800. The van der Waals surface area contributed by atoms with Gasteiger partial charge >= 0.3 is 0 Å². The molecule has 3 heteroatoms. The van der Waals surface area contributed by atoms with Gasteiger partial charge < -0.3 is 14.7 Å². The molecule has 0 saturated carbocycles. The van der Waals surface area contributed by atoms with E-state index in [0.717, 1.165) is 11.4 Å². The minimum atomic E-state index is 0.0786. The van der Waals surface area contributed by atoms with Crippen molar-refractivity contribution in [1.82, 2.24) is 0 Å². The topological polar surface area (TPSA) is 32.7 Å². The first-order chi connectivity index (χ1) is 7.24. The first-order valence-electron chi connectivity index (χ1n) is 5.33. The Hall–Kier alpha value is -1.22. The van der Waals surface area contributed by atoms with Gasteiger partial charge in [0.2, 0.25) is 0 Å². The fraction of sp³-hybridized carbons (Fsp3) is 0.500. The molecule has 0 spiro atoms. The minimum absolute atomic E-state index is 0.0786. The van der Waals surface area contributed by atoms with Gasteiger partial charge in [-0.25, -0.2) is 0 Å². The molecule has 0 fully saturated rings. The van der Waals surface area contributed by atoms with Crippen molar-refractivity contribution < 1.29 is 9.84 Å². The fourth-order valence-electron chi connectivity index (χ4n) is 2.01. The molecule has 15 heavy (non-hydrogen) atoms. The van der Waals surface area contributed by atoms with Gasteiger partial charge in [-0.1, -0.05) is 12.1 Å². The molecule has 1 heterocycles. The van der Waals surface area contributed by atoms with E-state index in [4.69, 9.17) is 9.84 Å². The number of rotatable bonds is 2. The highest BCUT2D eigenvalue weighted by molar-refractivity contribution is 5.60. The van der Waals surface area contributed by atoms with Gasteiger partial charge in [-0.3, -0.25) is 0 Å². The van der Waals surface area contributed by atoms with Gasteiger partial charge in [0.25, 0.3) is 0 Å². The van der Waals surface area contributed by atoms with Gasteiger partial charge in [0.05, 0.1) is 11.7 Å². The van der Waals surface area contributed by atoms with Crippen molar-refractivity contribution in [3.63, 3.8) is 0 Å². The maximum Gasteiger partial charge on any atom is 0.143 e. The number of hydrogen-bond acceptors (Lipinski definition) is 3. The van der Waals surface area contributed by atoms with Crippen molar-refractivity contribution in [2.75, 3.05) is 18.6 Å². The standard InChI is InChI=1S/C12H17NO2/c1-9-11(7-8-14)15-12-6-4-3-5-10(12)13(9)2/h3-6,9,11,14H,7-8H2,1-2H3. The Labute approximate surface area is 90.3 Å². The molecule has 0 bridgehead atoms. The Bertz CT molecular complexity index is 340. The van der Waals surface area contributed by atoms with Crippen LogP contribution in [0.1, 0.15) is 13.3 Å². The van der Waals surface area contributed by atoms with Crippen LogP contribution in [-0.2, 0) is 0 Å². The summed E-state index contributed by atoms with van der Waals surface area (Å²) in [4.78, 5) is 2.21. The van der Waals surface area contributed by atoms with E-state index in [2.05, 4.69) is 24.9 Å². The molecule has 3 nitrogen and oxygen atoms in total. The van der Waals surface area contributed by atoms with Gasteiger partial charge in [-0.05, 0) is 19.1 Å². The van der Waals surface area contributed by atoms with Crippen LogP contribution in [0.2, 0.25) is 0 Å². The Morgan fingerprint density at radius 1 is 1.40 bits per heavy atom. The van der Waals surface area contributed by atoms with E-state index in [0.29, 0.717) is 12.5 Å². The molecule has 2 atom stereocenters. The maximum atomic E-state index is 8.97. The number of anilines is 1. The Morgan fingerprint density at radius 2 is 2.13 bits per heavy atom. The number of aliphatic hydroxyl groups is 1. The molecule has 0 aromatic heterocycles. The molecule has 1 N–H and O–H groups in total. The van der Waals surface area contributed by atoms with Crippen molar-refractivity contribution in [2.24, 2.45) is 0 Å². The number of hydrogen-bond donors (Lipinski definition) is 1. The molecule has 82 valence electrons. The van der Waals surface area contributed by atoms with E-state index >= 15 is 0 Å². The number of nitrogens with zero attached hydrogens (tertiary/aromatic N) is 1. The van der Waals surface area contributed by atoms with Gasteiger partial charge in [-0.15, -0.1) is 0 Å². The summed E-state index contributed by atoms with van der Waals surface area (Å²) >= 11 is 0. The molecule has 1 aromatic rings. The summed E-state index contributed by atoms with van der Waals surface area (Å²) in [7, 11) is 2.07. The van der Waals surface area contributed by atoms with E-state index in [1.165, 1.54) is 0 Å². The van der Waals surface area contributed by atoms with Gasteiger partial charge in [0.1, 0.15) is 11.9 Å². The van der Waals surface area contributed by atoms with Crippen molar-refractivity contribution >= 4 is 5.69 Å². The predicted molar refractivity (Wildman–Crippen MR) is 60.4 cm³/mol. The molecule has 0 aliphatic carbocycles. The Kier molecular flexibility index (Phi) is 2.82. The van der Waals surface area contributed by atoms with Crippen LogP contribution in [-0.4, -0.2) is 30.9 Å². The van der Waals surface area contributed by atoms with Crippen LogP contribution in [0.3, 0.4) is 0 Å². The van der Waals surface area contributed by atoms with E-state index in [1.807, 2.05) is 18.2 Å². The third-order valence-electron chi connectivity index (χ3n) is 3.09. The number of para-hydroxylation sites is 2. The molecule has 0 amide bonds. The number of benzene rings is 1. The predicted octanol–water partition coefficient (Wildman–Crippen LogP) is 1.65. The molecule has 1 aliphatic heterocycles. The minimum Gasteiger partial charge on any atom is -0.486 e. The number of likely N-dealkylation sites (N-methyl/N-ethyl adjacent to an activating group) is 1. The summed E-state index contributed by atoms with van der Waals surface area (Å²) < 4.78 is 5.85. The zero-order valence-corrected chi connectivity index (χ0v) is 9.18. The molecule has 0 radical (unpaired) electrons. The SMILES string of the molecule is CC1C(CCO)Oc2ccccc2N1C. The van der Waals surface area contributed by atoms with Crippen molar-refractivity contribution in [3.05, 3.63) is 24.3 Å². The molecule has 2 unspecified atom stereocenters. The van der Waals surface area contributed by atoms with Crippen molar-refractivity contribution in [2.45, 2.75) is 25.5 Å². The van der Waals surface area contributed by atoms with Crippen LogP contribution >= 0.6 is 0 Å². The van der Waals surface area contributed by atoms with Crippen LogP contribution in [0.25, 0.3) is 0 Å². The van der Waals surface area contributed by atoms with Gasteiger partial charge in [-0.2, -0.15) is 0 Å². The van der Waals surface area contributed by atoms with Crippen molar-refractivity contribution in [3.8, 4) is 5.75 Å². The second-order valence-electron chi connectivity index (χ2n) is 3.99. The first-order valence-corrected chi connectivity index (χ1v) is 5.33. The summed E-state index contributed by atoms with van der Waals surface area (Å²) in [6.07, 6.45) is 0.759. The second kappa shape index (κ2) is 4.11. The van der Waals surface area contributed by atoms with E-state index in [-0.39, 0.29) is 12.7 Å². The molecular formula is C12H17NO2. The summed E-state index contributed by atoms with van der Waals surface area (Å²) in [5.74, 6) is 0.913. The first kappa shape index (κ1) is 10.3. The smallest absolute Gasteiger partial charge is 0.143 e. The lowest BCUT2D eigenvalue weighted by molar-refractivity contribution is 0.124. The largest absolute Gasteiger partial charge is 0.486 e. The van der Waals surface area contributed by atoms with Gasteiger partial charge in [0, 0.05) is 20.1 Å². The van der Waals surface area contributed by atoms with Crippen LogP contribution in [0.4, 0.5) is 5.69 Å². The lowest BCUT2D eigenvalue weighted by atomic mass is 10.0. The Morgan fingerprint density at radius 3 is 2.87 bits per heavy atom. The highest BCUT2D eigenvalue weighted by Gasteiger charge is 2.29. The van der Waals surface area contributed by atoms with Crippen LogP contribution in [0, 0.1) is 0 Å². The van der Waals surface area contributed by atoms with E-state index in [1.54, 1.807) is 0 Å².